The molecule has 0 spiro atoms. The van der Waals surface area contributed by atoms with Crippen LogP contribution in [-0.4, -0.2) is 16.1 Å². The Morgan fingerprint density at radius 3 is 1.32 bits per heavy atom. The summed E-state index contributed by atoms with van der Waals surface area (Å²) in [5.41, 5.74) is 9.72. The Morgan fingerprint density at radius 1 is 0.613 bits per heavy atom. The monoisotopic (exact) mass is 562 g/mol. The number of rotatable bonds is 6. The van der Waals surface area contributed by atoms with Crippen molar-refractivity contribution in [1.82, 2.24) is 0 Å². The molecule has 0 aromatic heterocycles. The Bertz CT molecular complexity index is 904. The minimum absolute atomic E-state index is 0. The number of fused-ring (bicyclic) bond motifs is 2. The summed E-state index contributed by atoms with van der Waals surface area (Å²) >= 11 is -0.692. The maximum atomic E-state index is 2.70. The largest absolute Gasteiger partial charge is 1.00 e. The number of hydrogen-bond acceptors (Lipinski definition) is 0. The Kier molecular flexibility index (Phi) is 9.07. The van der Waals surface area contributed by atoms with Crippen LogP contribution in [0.15, 0.2) is 60.7 Å². The van der Waals surface area contributed by atoms with Gasteiger partial charge in [0.2, 0.25) is 0 Å². The molecule has 0 saturated heterocycles. The Labute approximate surface area is 215 Å². The zero-order chi connectivity index (χ0) is 20.8. The molecule has 5 heteroatoms. The first kappa shape index (κ1) is 27.1. The van der Waals surface area contributed by atoms with Crippen LogP contribution in [0.25, 0.3) is 11.1 Å². The van der Waals surface area contributed by atoms with E-state index < -0.39 is 39.4 Å². The molecule has 0 amide bonds. The summed E-state index contributed by atoms with van der Waals surface area (Å²) in [5, 5.41) is 0. The predicted octanol–water partition coefficient (Wildman–Crippen LogP) is 2.03. The van der Waals surface area contributed by atoms with Crippen molar-refractivity contribution < 1.29 is 48.0 Å². The van der Waals surface area contributed by atoms with Crippen molar-refractivity contribution in [2.45, 2.75) is 58.6 Å². The first-order valence-corrected chi connectivity index (χ1v) is 21.2. The van der Waals surface area contributed by atoms with Gasteiger partial charge in [0.15, 0.2) is 0 Å². The zero-order valence-corrected chi connectivity index (χ0v) is 25.6. The fourth-order valence-corrected chi connectivity index (χ4v) is 12.2. The molecule has 0 bridgehead atoms. The average Bonchev–Trinajstić information content (AvgIpc) is 3.12. The van der Waals surface area contributed by atoms with E-state index >= 15 is 0 Å². The van der Waals surface area contributed by atoms with Crippen molar-refractivity contribution in [3.8, 4) is 0 Å². The third-order valence-electron chi connectivity index (χ3n) is 5.82. The van der Waals surface area contributed by atoms with E-state index in [9.17, 15) is 0 Å². The summed E-state index contributed by atoms with van der Waals surface area (Å²) in [6.45, 7) is 15.0. The number of hydrogen-bond donors (Lipinski definition) is 0. The summed E-state index contributed by atoms with van der Waals surface area (Å²) in [5.74, 6) is 0. The van der Waals surface area contributed by atoms with Gasteiger partial charge in [-0.3, -0.25) is 0 Å². The molecule has 0 radical (unpaired) electrons. The molecule has 2 unspecified atom stereocenters. The summed E-state index contributed by atoms with van der Waals surface area (Å²) in [6.07, 6.45) is 5.39. The van der Waals surface area contributed by atoms with Crippen molar-refractivity contribution in [3.05, 3.63) is 82.9 Å². The Morgan fingerprint density at radius 2 is 0.968 bits per heavy atom. The molecule has 2 aromatic rings. The molecule has 4 rings (SSSR count). The van der Waals surface area contributed by atoms with E-state index in [0.29, 0.717) is 0 Å². The molecular formula is C26H34Cl2Si2Zr. The van der Waals surface area contributed by atoms with Crippen LogP contribution in [0.1, 0.15) is 29.5 Å². The Hall–Kier alpha value is -0.183. The van der Waals surface area contributed by atoms with E-state index in [1.54, 1.807) is 33.4 Å². The van der Waals surface area contributed by atoms with Gasteiger partial charge in [-0.2, -0.15) is 0 Å². The third kappa shape index (κ3) is 6.45. The molecule has 0 N–H and O–H groups in total. The van der Waals surface area contributed by atoms with Crippen molar-refractivity contribution in [3.63, 3.8) is 0 Å². The van der Waals surface area contributed by atoms with Gasteiger partial charge in [0.05, 0.1) is 0 Å². The third-order valence-corrected chi connectivity index (χ3v) is 12.8. The summed E-state index contributed by atoms with van der Waals surface area (Å²) < 4.78 is 1.45. The minimum atomic E-state index is -1.12. The summed E-state index contributed by atoms with van der Waals surface area (Å²) in [4.78, 5) is 0. The van der Waals surface area contributed by atoms with Crippen molar-refractivity contribution in [2.24, 2.45) is 0 Å². The predicted molar refractivity (Wildman–Crippen MR) is 131 cm³/mol. The summed E-state index contributed by atoms with van der Waals surface area (Å²) in [6, 6.07) is 21.2. The fraction of sp³-hybridized carbons (Fsp3) is 0.385. The number of halogens is 2. The van der Waals surface area contributed by atoms with Crippen molar-refractivity contribution in [1.29, 1.82) is 0 Å². The van der Waals surface area contributed by atoms with E-state index in [4.69, 9.17) is 0 Å². The maximum Gasteiger partial charge on any atom is -1.00 e. The van der Waals surface area contributed by atoms with E-state index in [0.717, 1.165) is 7.25 Å². The van der Waals surface area contributed by atoms with Crippen LogP contribution < -0.4 is 24.8 Å². The second-order valence-corrected chi connectivity index (χ2v) is 26.0. The van der Waals surface area contributed by atoms with E-state index in [-0.39, 0.29) is 24.8 Å². The van der Waals surface area contributed by atoms with E-state index in [2.05, 4.69) is 100.0 Å². The molecule has 0 aliphatic heterocycles. The van der Waals surface area contributed by atoms with Crippen molar-refractivity contribution in [2.75, 3.05) is 0 Å². The molecule has 0 saturated carbocycles. The Balaban J connectivity index is 0.00000171. The van der Waals surface area contributed by atoms with E-state index in [1.807, 2.05) is 0 Å². The SMILES string of the molecule is C[Si](C)(C)CC1=C[CH]([Zr+2][CH]2C=C(C[Si](C)(C)C)c3ccccc32)c2ccccc21.[Cl-].[Cl-]. The normalized spacial score (nSPS) is 19.3. The van der Waals surface area contributed by atoms with Gasteiger partial charge in [-0.25, -0.2) is 0 Å². The number of allylic oxidation sites excluding steroid dienone is 4. The van der Waals surface area contributed by atoms with Gasteiger partial charge in [-0.1, -0.05) is 0 Å². The molecule has 0 heterocycles. The van der Waals surface area contributed by atoms with Gasteiger partial charge in [0.1, 0.15) is 0 Å². The van der Waals surface area contributed by atoms with Crippen LogP contribution in [0.2, 0.25) is 51.4 Å². The van der Waals surface area contributed by atoms with Gasteiger partial charge < -0.3 is 24.8 Å². The molecule has 164 valence electrons. The molecule has 2 aromatic carbocycles. The fourth-order valence-electron chi connectivity index (χ4n) is 4.80. The number of benzene rings is 2. The topological polar surface area (TPSA) is 0 Å². The van der Waals surface area contributed by atoms with Gasteiger partial charge in [0.25, 0.3) is 0 Å². The van der Waals surface area contributed by atoms with Crippen molar-refractivity contribution >= 4 is 27.3 Å². The molecule has 2 atom stereocenters. The van der Waals surface area contributed by atoms with Gasteiger partial charge in [0, 0.05) is 0 Å². The van der Waals surface area contributed by atoms with Crippen LogP contribution in [-0.2, 0) is 23.2 Å². The molecule has 2 aliphatic rings. The minimum Gasteiger partial charge on any atom is -1.00 e. The van der Waals surface area contributed by atoms with Gasteiger partial charge >= 0.3 is 192 Å². The van der Waals surface area contributed by atoms with Crippen LogP contribution in [0, 0.1) is 0 Å². The standard InChI is InChI=1S/2C13H17Si.2ClH.Zr/c2*1-14(2,3)10-12-9-8-11-6-4-5-7-13(11)12;;;/h2*4-9H,10H2,1-3H3;2*1H;/q;;;;+2/p-2. The van der Waals surface area contributed by atoms with Gasteiger partial charge in [-0.15, -0.1) is 0 Å². The summed E-state index contributed by atoms with van der Waals surface area (Å²) in [7, 11) is -2.23. The van der Waals surface area contributed by atoms with Crippen LogP contribution in [0.3, 0.4) is 0 Å². The molecular weight excluding hydrogens is 531 g/mol. The van der Waals surface area contributed by atoms with Crippen LogP contribution in [0.5, 0.6) is 0 Å². The second kappa shape index (κ2) is 10.4. The van der Waals surface area contributed by atoms with Crippen LogP contribution in [0.4, 0.5) is 0 Å². The average molecular weight is 565 g/mol. The smallest absolute Gasteiger partial charge is 1.00 e. The second-order valence-electron chi connectivity index (χ2n) is 11.2. The zero-order valence-electron chi connectivity index (χ0n) is 19.6. The molecule has 2 aliphatic carbocycles. The molecule has 0 nitrogen and oxygen atoms in total. The molecule has 31 heavy (non-hydrogen) atoms. The van der Waals surface area contributed by atoms with Gasteiger partial charge in [-0.05, 0) is 0 Å². The molecule has 0 fully saturated rings. The quantitative estimate of drug-likeness (QED) is 0.472. The van der Waals surface area contributed by atoms with E-state index in [1.165, 1.54) is 12.1 Å². The first-order valence-electron chi connectivity index (χ1n) is 11.0. The maximum absolute atomic E-state index is 2.70. The first-order chi connectivity index (χ1) is 13.6. The van der Waals surface area contributed by atoms with Crippen LogP contribution >= 0.6 is 0 Å².